The van der Waals surface area contributed by atoms with Crippen LogP contribution in [0.4, 0.5) is 0 Å². The molecule has 0 bridgehead atoms. The Kier molecular flexibility index (Phi) is 4.28. The molecule has 0 spiro atoms. The topological polar surface area (TPSA) is 29.5 Å². The number of fused-ring (bicyclic) bond motifs is 1. The summed E-state index contributed by atoms with van der Waals surface area (Å²) < 4.78 is 5.27. The second kappa shape index (κ2) is 6.56. The zero-order valence-corrected chi connectivity index (χ0v) is 14.3. The van der Waals surface area contributed by atoms with Gasteiger partial charge in [-0.15, -0.1) is 0 Å². The van der Waals surface area contributed by atoms with Gasteiger partial charge in [-0.1, -0.05) is 24.6 Å². The average molecular weight is 323 g/mol. The molecule has 24 heavy (non-hydrogen) atoms. The summed E-state index contributed by atoms with van der Waals surface area (Å²) in [4.78, 5) is 15.5. The van der Waals surface area contributed by atoms with Gasteiger partial charge in [0.25, 0.3) is 0 Å². The summed E-state index contributed by atoms with van der Waals surface area (Å²) >= 11 is 0. The molecule has 4 rings (SSSR count). The lowest BCUT2D eigenvalue weighted by atomic mass is 9.85. The van der Waals surface area contributed by atoms with E-state index < -0.39 is 0 Å². The van der Waals surface area contributed by atoms with Gasteiger partial charge >= 0.3 is 0 Å². The Balaban J connectivity index is 1.53. The molecule has 1 atom stereocenters. The molecule has 1 heterocycles. The Labute approximate surface area is 143 Å². The van der Waals surface area contributed by atoms with Crippen LogP contribution in [0.25, 0.3) is 10.8 Å². The molecule has 3 heteroatoms. The van der Waals surface area contributed by atoms with Crippen LogP contribution >= 0.6 is 0 Å². The largest absolute Gasteiger partial charge is 0.497 e. The minimum Gasteiger partial charge on any atom is -0.497 e. The Morgan fingerprint density at radius 1 is 1.04 bits per heavy atom. The summed E-state index contributed by atoms with van der Waals surface area (Å²) in [6, 6.07) is 12.8. The maximum Gasteiger partial charge on any atom is 0.167 e. The minimum absolute atomic E-state index is 0.162. The highest BCUT2D eigenvalue weighted by Gasteiger charge is 2.32. The highest BCUT2D eigenvalue weighted by Crippen LogP contribution is 2.31. The zero-order chi connectivity index (χ0) is 16.5. The van der Waals surface area contributed by atoms with Crippen molar-refractivity contribution in [3.8, 4) is 5.75 Å². The Morgan fingerprint density at radius 3 is 2.58 bits per heavy atom. The number of ether oxygens (including phenoxy) is 1. The number of benzene rings is 2. The van der Waals surface area contributed by atoms with Crippen LogP contribution < -0.4 is 4.74 Å². The van der Waals surface area contributed by atoms with Crippen molar-refractivity contribution in [3.63, 3.8) is 0 Å². The van der Waals surface area contributed by atoms with Crippen LogP contribution in [-0.2, 0) is 0 Å². The van der Waals surface area contributed by atoms with Gasteiger partial charge in [-0.05, 0) is 61.2 Å². The van der Waals surface area contributed by atoms with Crippen molar-refractivity contribution in [2.45, 2.75) is 38.1 Å². The summed E-state index contributed by atoms with van der Waals surface area (Å²) in [5.74, 6) is 1.33. The first-order chi connectivity index (χ1) is 11.7. The van der Waals surface area contributed by atoms with Crippen LogP contribution in [0.5, 0.6) is 5.75 Å². The number of piperidine rings is 1. The van der Waals surface area contributed by atoms with Crippen molar-refractivity contribution in [1.82, 2.24) is 4.90 Å². The van der Waals surface area contributed by atoms with E-state index in [1.807, 2.05) is 36.4 Å². The van der Waals surface area contributed by atoms with Crippen molar-refractivity contribution in [2.75, 3.05) is 20.2 Å². The van der Waals surface area contributed by atoms with Gasteiger partial charge in [-0.2, -0.15) is 0 Å². The first-order valence-electron chi connectivity index (χ1n) is 9.10. The van der Waals surface area contributed by atoms with Gasteiger partial charge in [0, 0.05) is 24.1 Å². The lowest BCUT2D eigenvalue weighted by molar-refractivity contribution is 0.0612. The molecule has 126 valence electrons. The zero-order valence-electron chi connectivity index (χ0n) is 14.3. The van der Waals surface area contributed by atoms with E-state index in [1.165, 1.54) is 25.8 Å². The van der Waals surface area contributed by atoms with Gasteiger partial charge in [0.2, 0.25) is 0 Å². The Bertz CT molecular complexity index is 751. The number of Topliss-reactive ketones (excluding diaryl/α,β-unsaturated/α-hetero) is 1. The molecule has 1 saturated heterocycles. The molecule has 2 fully saturated rings. The SMILES string of the molecule is COc1ccc2cc(C(=O)[C@@H]3CCCN(C4CCC4)C3)ccc2c1. The summed E-state index contributed by atoms with van der Waals surface area (Å²) in [6.07, 6.45) is 6.17. The van der Waals surface area contributed by atoms with Crippen molar-refractivity contribution >= 4 is 16.6 Å². The molecule has 0 unspecified atom stereocenters. The van der Waals surface area contributed by atoms with Gasteiger partial charge in [0.15, 0.2) is 5.78 Å². The quantitative estimate of drug-likeness (QED) is 0.786. The van der Waals surface area contributed by atoms with Crippen LogP contribution in [0, 0.1) is 5.92 Å². The lowest BCUT2D eigenvalue weighted by Gasteiger charge is -2.42. The van der Waals surface area contributed by atoms with E-state index in [4.69, 9.17) is 4.74 Å². The summed E-state index contributed by atoms with van der Waals surface area (Å²) in [7, 11) is 1.68. The first-order valence-corrected chi connectivity index (χ1v) is 9.10. The maximum absolute atomic E-state index is 13.0. The van der Waals surface area contributed by atoms with E-state index >= 15 is 0 Å². The van der Waals surface area contributed by atoms with Crippen LogP contribution in [0.2, 0.25) is 0 Å². The highest BCUT2D eigenvalue weighted by atomic mass is 16.5. The van der Waals surface area contributed by atoms with Crippen LogP contribution in [0.1, 0.15) is 42.5 Å². The summed E-state index contributed by atoms with van der Waals surface area (Å²) in [5, 5.41) is 2.22. The fourth-order valence-corrected chi connectivity index (χ4v) is 4.04. The number of carbonyl (C=O) groups excluding carboxylic acids is 1. The number of hydrogen-bond donors (Lipinski definition) is 0. The van der Waals surface area contributed by atoms with Gasteiger partial charge in [0.05, 0.1) is 7.11 Å². The normalized spacial score (nSPS) is 22.3. The number of hydrogen-bond acceptors (Lipinski definition) is 3. The standard InChI is InChI=1S/C21H25NO2/c1-24-20-10-9-15-12-17(8-7-16(15)13-20)21(23)18-4-3-11-22(14-18)19-5-2-6-19/h7-10,12-13,18-19H,2-6,11,14H2,1H3/t18-/m1/s1. The Morgan fingerprint density at radius 2 is 1.83 bits per heavy atom. The maximum atomic E-state index is 13.0. The predicted molar refractivity (Wildman–Crippen MR) is 96.8 cm³/mol. The molecular weight excluding hydrogens is 298 g/mol. The second-order valence-electron chi connectivity index (χ2n) is 7.21. The fourth-order valence-electron chi connectivity index (χ4n) is 4.04. The van der Waals surface area contributed by atoms with E-state index in [-0.39, 0.29) is 5.92 Å². The third-order valence-corrected chi connectivity index (χ3v) is 5.75. The molecule has 0 N–H and O–H groups in total. The number of nitrogens with zero attached hydrogens (tertiary/aromatic N) is 1. The van der Waals surface area contributed by atoms with Gasteiger partial charge in [-0.25, -0.2) is 0 Å². The smallest absolute Gasteiger partial charge is 0.167 e. The first kappa shape index (κ1) is 15.6. The summed E-state index contributed by atoms with van der Waals surface area (Å²) in [6.45, 7) is 2.12. The molecule has 3 nitrogen and oxygen atoms in total. The molecule has 0 aromatic heterocycles. The van der Waals surface area contributed by atoms with Gasteiger partial charge in [0.1, 0.15) is 5.75 Å². The number of likely N-dealkylation sites (tertiary alicyclic amines) is 1. The van der Waals surface area contributed by atoms with E-state index in [1.54, 1.807) is 7.11 Å². The molecule has 1 saturated carbocycles. The molecule has 1 aliphatic heterocycles. The number of rotatable bonds is 4. The third-order valence-electron chi connectivity index (χ3n) is 5.75. The molecule has 0 radical (unpaired) electrons. The van der Waals surface area contributed by atoms with Gasteiger partial charge < -0.3 is 4.74 Å². The second-order valence-corrected chi connectivity index (χ2v) is 7.21. The van der Waals surface area contributed by atoms with E-state index in [9.17, 15) is 4.79 Å². The Hall–Kier alpha value is -1.87. The van der Waals surface area contributed by atoms with Gasteiger partial charge in [-0.3, -0.25) is 9.69 Å². The van der Waals surface area contributed by atoms with Crippen LogP contribution in [0.3, 0.4) is 0 Å². The predicted octanol–water partition coefficient (Wildman–Crippen LogP) is 4.30. The fraction of sp³-hybridized carbons (Fsp3) is 0.476. The van der Waals surface area contributed by atoms with E-state index in [0.717, 1.165) is 47.5 Å². The number of methoxy groups -OCH3 is 1. The van der Waals surface area contributed by atoms with Crippen molar-refractivity contribution < 1.29 is 9.53 Å². The monoisotopic (exact) mass is 323 g/mol. The van der Waals surface area contributed by atoms with Crippen LogP contribution in [0.15, 0.2) is 36.4 Å². The average Bonchev–Trinajstić information content (AvgIpc) is 2.59. The van der Waals surface area contributed by atoms with Crippen molar-refractivity contribution in [3.05, 3.63) is 42.0 Å². The minimum atomic E-state index is 0.162. The van der Waals surface area contributed by atoms with Crippen molar-refractivity contribution in [2.24, 2.45) is 5.92 Å². The number of ketones is 1. The van der Waals surface area contributed by atoms with E-state index in [0.29, 0.717) is 5.78 Å². The third kappa shape index (κ3) is 2.93. The molecule has 2 aliphatic rings. The lowest BCUT2D eigenvalue weighted by Crippen LogP contribution is -2.47. The molecular formula is C21H25NO2. The molecule has 0 amide bonds. The van der Waals surface area contributed by atoms with Crippen molar-refractivity contribution in [1.29, 1.82) is 0 Å². The van der Waals surface area contributed by atoms with Crippen LogP contribution in [-0.4, -0.2) is 36.9 Å². The molecule has 2 aromatic carbocycles. The number of carbonyl (C=O) groups is 1. The highest BCUT2D eigenvalue weighted by molar-refractivity contribution is 6.01. The molecule has 2 aromatic rings. The van der Waals surface area contributed by atoms with E-state index in [2.05, 4.69) is 4.90 Å². The summed E-state index contributed by atoms with van der Waals surface area (Å²) in [5.41, 5.74) is 0.855. The molecule has 1 aliphatic carbocycles.